The fraction of sp³-hybridized carbons (Fsp3) is 0.304. The highest BCUT2D eigenvalue weighted by Crippen LogP contribution is 2.29. The van der Waals surface area contributed by atoms with Crippen molar-refractivity contribution in [2.45, 2.75) is 19.8 Å². The zero-order valence-corrected chi connectivity index (χ0v) is 18.7. The second kappa shape index (κ2) is 10.6. The van der Waals surface area contributed by atoms with Gasteiger partial charge in [-0.05, 0) is 53.5 Å². The number of anilines is 2. The molecular formula is C23H26ClN3O2S. The van der Waals surface area contributed by atoms with Gasteiger partial charge in [0.1, 0.15) is 0 Å². The Balaban J connectivity index is 1.61. The highest BCUT2D eigenvalue weighted by molar-refractivity contribution is 7.80. The Hall–Kier alpha value is -2.41. The minimum atomic E-state index is -0.296. The average Bonchev–Trinajstić information content (AvgIpc) is 2.73. The summed E-state index contributed by atoms with van der Waals surface area (Å²) in [6, 6.07) is 13.7. The van der Waals surface area contributed by atoms with Crippen molar-refractivity contribution in [3.63, 3.8) is 0 Å². The van der Waals surface area contributed by atoms with E-state index in [0.29, 0.717) is 24.2 Å². The maximum atomic E-state index is 12.3. The minimum absolute atomic E-state index is 0.219. The van der Waals surface area contributed by atoms with E-state index in [1.165, 1.54) is 11.6 Å². The molecule has 7 heteroatoms. The number of amides is 1. The van der Waals surface area contributed by atoms with Crippen molar-refractivity contribution in [3.05, 3.63) is 64.7 Å². The Labute approximate surface area is 188 Å². The van der Waals surface area contributed by atoms with E-state index < -0.39 is 0 Å². The van der Waals surface area contributed by atoms with Gasteiger partial charge in [0.15, 0.2) is 5.11 Å². The predicted molar refractivity (Wildman–Crippen MR) is 128 cm³/mol. The van der Waals surface area contributed by atoms with Crippen molar-refractivity contribution in [1.29, 1.82) is 0 Å². The van der Waals surface area contributed by atoms with E-state index in [9.17, 15) is 4.79 Å². The second-order valence-electron chi connectivity index (χ2n) is 7.36. The fourth-order valence-corrected chi connectivity index (χ4v) is 3.54. The minimum Gasteiger partial charge on any atom is -0.378 e. The molecule has 0 bridgehead atoms. The molecule has 0 atom stereocenters. The summed E-state index contributed by atoms with van der Waals surface area (Å²) in [4.78, 5) is 14.5. The van der Waals surface area contributed by atoms with Gasteiger partial charge < -0.3 is 15.0 Å². The standard InChI is InChI=1S/C23H26ClN3O2S/c1-16(2)18-6-3-17(4-7-18)5-10-22(28)26-23(30)25-20-15-19(24)8-9-21(20)27-11-13-29-14-12-27/h3-10,15-16H,11-14H2,1-2H3,(H2,25,26,28,30). The summed E-state index contributed by atoms with van der Waals surface area (Å²) >= 11 is 11.5. The monoisotopic (exact) mass is 443 g/mol. The molecule has 1 amide bonds. The Morgan fingerprint density at radius 1 is 1.17 bits per heavy atom. The summed E-state index contributed by atoms with van der Waals surface area (Å²) < 4.78 is 5.42. The molecule has 5 nitrogen and oxygen atoms in total. The normalized spacial score (nSPS) is 14.2. The fourth-order valence-electron chi connectivity index (χ4n) is 3.16. The van der Waals surface area contributed by atoms with Gasteiger partial charge in [-0.1, -0.05) is 49.7 Å². The Bertz CT molecular complexity index is 923. The SMILES string of the molecule is CC(C)c1ccc(C=CC(=O)NC(=S)Nc2cc(Cl)ccc2N2CCOCC2)cc1. The van der Waals surface area contributed by atoms with Gasteiger partial charge in [-0.15, -0.1) is 0 Å². The molecule has 1 fully saturated rings. The van der Waals surface area contributed by atoms with Crippen LogP contribution in [0.5, 0.6) is 0 Å². The summed E-state index contributed by atoms with van der Waals surface area (Å²) in [6.07, 6.45) is 3.24. The van der Waals surface area contributed by atoms with Gasteiger partial charge in [0.2, 0.25) is 5.91 Å². The van der Waals surface area contributed by atoms with E-state index >= 15 is 0 Å². The molecular weight excluding hydrogens is 418 g/mol. The molecule has 0 spiro atoms. The first-order chi connectivity index (χ1) is 14.4. The quantitative estimate of drug-likeness (QED) is 0.512. The van der Waals surface area contributed by atoms with E-state index in [2.05, 4.69) is 41.5 Å². The lowest BCUT2D eigenvalue weighted by molar-refractivity contribution is -0.115. The van der Waals surface area contributed by atoms with Crippen LogP contribution in [0.3, 0.4) is 0 Å². The first-order valence-corrected chi connectivity index (χ1v) is 10.7. The number of carbonyl (C=O) groups is 1. The summed E-state index contributed by atoms with van der Waals surface area (Å²) in [5.41, 5.74) is 3.94. The Kier molecular flexibility index (Phi) is 7.85. The van der Waals surface area contributed by atoms with Crippen LogP contribution in [0, 0.1) is 0 Å². The zero-order valence-electron chi connectivity index (χ0n) is 17.2. The lowest BCUT2D eigenvalue weighted by Gasteiger charge is -2.30. The van der Waals surface area contributed by atoms with Gasteiger partial charge in [0, 0.05) is 24.2 Å². The molecule has 2 aromatic carbocycles. The first kappa shape index (κ1) is 22.3. The number of nitrogens with one attached hydrogen (secondary N) is 2. The molecule has 0 radical (unpaired) electrons. The van der Waals surface area contributed by atoms with E-state index in [-0.39, 0.29) is 11.0 Å². The van der Waals surface area contributed by atoms with Crippen LogP contribution >= 0.6 is 23.8 Å². The molecule has 2 N–H and O–H groups in total. The third-order valence-corrected chi connectivity index (χ3v) is 5.26. The number of hydrogen-bond donors (Lipinski definition) is 2. The highest BCUT2D eigenvalue weighted by Gasteiger charge is 2.16. The number of halogens is 1. The number of nitrogens with zero attached hydrogens (tertiary/aromatic N) is 1. The Morgan fingerprint density at radius 3 is 2.53 bits per heavy atom. The average molecular weight is 444 g/mol. The van der Waals surface area contributed by atoms with Crippen LogP contribution in [-0.4, -0.2) is 37.3 Å². The number of hydrogen-bond acceptors (Lipinski definition) is 4. The molecule has 1 aliphatic rings. The van der Waals surface area contributed by atoms with Crippen LogP contribution < -0.4 is 15.5 Å². The van der Waals surface area contributed by atoms with E-state index in [1.807, 2.05) is 24.3 Å². The molecule has 0 unspecified atom stereocenters. The van der Waals surface area contributed by atoms with Gasteiger partial charge in [0.25, 0.3) is 0 Å². The summed E-state index contributed by atoms with van der Waals surface area (Å²) in [7, 11) is 0. The Morgan fingerprint density at radius 2 is 1.87 bits per heavy atom. The van der Waals surface area contributed by atoms with Crippen LogP contribution in [0.15, 0.2) is 48.5 Å². The number of carbonyl (C=O) groups excluding carboxylic acids is 1. The van der Waals surface area contributed by atoms with Crippen LogP contribution in [0.25, 0.3) is 6.08 Å². The molecule has 0 saturated carbocycles. The van der Waals surface area contributed by atoms with E-state index in [0.717, 1.165) is 30.0 Å². The number of thiocarbonyl (C=S) groups is 1. The first-order valence-electron chi connectivity index (χ1n) is 9.94. The number of benzene rings is 2. The third kappa shape index (κ3) is 6.29. The topological polar surface area (TPSA) is 53.6 Å². The molecule has 3 rings (SSSR count). The maximum absolute atomic E-state index is 12.3. The molecule has 1 saturated heterocycles. The van der Waals surface area contributed by atoms with Crippen molar-refractivity contribution >= 4 is 52.3 Å². The van der Waals surface area contributed by atoms with Crippen molar-refractivity contribution in [3.8, 4) is 0 Å². The van der Waals surface area contributed by atoms with Crippen LogP contribution in [-0.2, 0) is 9.53 Å². The van der Waals surface area contributed by atoms with Crippen LogP contribution in [0.4, 0.5) is 11.4 Å². The van der Waals surface area contributed by atoms with Gasteiger partial charge in [-0.3, -0.25) is 10.1 Å². The molecule has 30 heavy (non-hydrogen) atoms. The van der Waals surface area contributed by atoms with Gasteiger partial charge in [-0.2, -0.15) is 0 Å². The van der Waals surface area contributed by atoms with Crippen LogP contribution in [0.2, 0.25) is 5.02 Å². The largest absolute Gasteiger partial charge is 0.378 e. The number of morpholine rings is 1. The van der Waals surface area contributed by atoms with Crippen molar-refractivity contribution < 1.29 is 9.53 Å². The predicted octanol–water partition coefficient (Wildman–Crippen LogP) is 4.83. The molecule has 0 aromatic heterocycles. The van der Waals surface area contributed by atoms with Gasteiger partial charge in [0.05, 0.1) is 24.6 Å². The summed E-state index contributed by atoms with van der Waals surface area (Å²) in [5.74, 6) is 0.180. The van der Waals surface area contributed by atoms with Crippen molar-refractivity contribution in [1.82, 2.24) is 5.32 Å². The summed E-state index contributed by atoms with van der Waals surface area (Å²) in [5, 5.41) is 6.59. The second-order valence-corrected chi connectivity index (χ2v) is 8.20. The summed E-state index contributed by atoms with van der Waals surface area (Å²) in [6.45, 7) is 7.22. The third-order valence-electron chi connectivity index (χ3n) is 4.83. The lowest BCUT2D eigenvalue weighted by Crippen LogP contribution is -2.37. The molecule has 2 aromatic rings. The molecule has 1 heterocycles. The smallest absolute Gasteiger partial charge is 0.250 e. The molecule has 1 aliphatic heterocycles. The van der Waals surface area contributed by atoms with E-state index in [1.54, 1.807) is 12.1 Å². The lowest BCUT2D eigenvalue weighted by atomic mass is 10.0. The van der Waals surface area contributed by atoms with Gasteiger partial charge in [-0.25, -0.2) is 0 Å². The van der Waals surface area contributed by atoms with E-state index in [4.69, 9.17) is 28.6 Å². The molecule has 158 valence electrons. The zero-order chi connectivity index (χ0) is 21.5. The van der Waals surface area contributed by atoms with Crippen molar-refractivity contribution in [2.24, 2.45) is 0 Å². The highest BCUT2D eigenvalue weighted by atomic mass is 35.5. The van der Waals surface area contributed by atoms with Crippen LogP contribution in [0.1, 0.15) is 30.9 Å². The number of ether oxygens (including phenoxy) is 1. The van der Waals surface area contributed by atoms with Gasteiger partial charge >= 0.3 is 0 Å². The molecule has 0 aliphatic carbocycles. The maximum Gasteiger partial charge on any atom is 0.250 e. The number of rotatable bonds is 5. The van der Waals surface area contributed by atoms with Crippen molar-refractivity contribution in [2.75, 3.05) is 36.5 Å².